The van der Waals surface area contributed by atoms with Crippen molar-refractivity contribution in [3.63, 3.8) is 0 Å². The van der Waals surface area contributed by atoms with E-state index in [1.807, 2.05) is 12.3 Å². The highest BCUT2D eigenvalue weighted by Crippen LogP contribution is 2.46. The highest BCUT2D eigenvalue weighted by molar-refractivity contribution is 7.15. The van der Waals surface area contributed by atoms with E-state index >= 15 is 0 Å². The number of fused-ring (bicyclic) bond motifs is 3. The summed E-state index contributed by atoms with van der Waals surface area (Å²) in [6, 6.07) is 5.71. The Bertz CT molecular complexity index is 1290. The number of nitrogens with zero attached hydrogens (tertiary/aromatic N) is 2. The molecule has 3 aromatic rings. The molecule has 1 atom stereocenters. The van der Waals surface area contributed by atoms with Gasteiger partial charge in [-0.2, -0.15) is 0 Å². The molecule has 0 aliphatic carbocycles. The van der Waals surface area contributed by atoms with Crippen LogP contribution in [0.3, 0.4) is 0 Å². The van der Waals surface area contributed by atoms with Crippen LogP contribution in [0.25, 0.3) is 21.7 Å². The fraction of sp³-hybridized carbons (Fsp3) is 0.423. The predicted octanol–water partition coefficient (Wildman–Crippen LogP) is 5.11. The number of methoxy groups -OCH3 is 2. The molecule has 1 aliphatic rings. The smallest absolute Gasteiger partial charge is 0.343 e. The van der Waals surface area contributed by atoms with E-state index in [1.54, 1.807) is 44.7 Å². The zero-order valence-corrected chi connectivity index (χ0v) is 21.2. The van der Waals surface area contributed by atoms with Crippen LogP contribution in [0.2, 0.25) is 0 Å². The Hall–Kier alpha value is -2.97. The Labute approximate surface area is 203 Å². The van der Waals surface area contributed by atoms with E-state index in [4.69, 9.17) is 14.2 Å². The topological polar surface area (TPSA) is 79.7 Å². The molecule has 0 radical (unpaired) electrons. The number of hydrogen-bond acceptors (Lipinski definition) is 7. The van der Waals surface area contributed by atoms with Gasteiger partial charge in [0, 0.05) is 42.7 Å². The minimum Gasteiger partial charge on any atom is -0.496 e. The largest absolute Gasteiger partial charge is 0.496 e. The van der Waals surface area contributed by atoms with Crippen molar-refractivity contribution < 1.29 is 19.0 Å². The highest BCUT2D eigenvalue weighted by Gasteiger charge is 2.34. The van der Waals surface area contributed by atoms with Crippen molar-refractivity contribution >= 4 is 17.3 Å². The number of thiazole rings is 1. The molecule has 7 nitrogen and oxygen atoms in total. The fourth-order valence-electron chi connectivity index (χ4n) is 4.43. The normalized spacial score (nSPS) is 14.9. The lowest BCUT2D eigenvalue weighted by Gasteiger charge is -2.39. The minimum atomic E-state index is -0.591. The summed E-state index contributed by atoms with van der Waals surface area (Å²) in [5, 5.41) is 0.897. The van der Waals surface area contributed by atoms with Crippen LogP contribution >= 0.6 is 11.3 Å². The second-order valence-electron chi connectivity index (χ2n) is 9.41. The highest BCUT2D eigenvalue weighted by atomic mass is 32.1. The molecule has 0 N–H and O–H groups in total. The average molecular weight is 483 g/mol. The van der Waals surface area contributed by atoms with E-state index in [0.29, 0.717) is 12.4 Å². The zero-order valence-electron chi connectivity index (χ0n) is 20.4. The summed E-state index contributed by atoms with van der Waals surface area (Å²) >= 11 is 1.57. The Morgan fingerprint density at radius 1 is 1.21 bits per heavy atom. The van der Waals surface area contributed by atoms with Crippen LogP contribution in [-0.4, -0.2) is 36.3 Å². The first-order valence-electron chi connectivity index (χ1n) is 11.3. The number of aromatic nitrogens is 2. The maximum absolute atomic E-state index is 12.9. The summed E-state index contributed by atoms with van der Waals surface area (Å²) < 4.78 is 18.2. The van der Waals surface area contributed by atoms with Crippen molar-refractivity contribution in [3.05, 3.63) is 57.0 Å². The lowest BCUT2D eigenvalue weighted by molar-refractivity contribution is 0.0523. The number of esters is 1. The molecule has 4 rings (SSSR count). The number of carbonyl (C=O) groups is 1. The first-order chi connectivity index (χ1) is 16.2. The molecule has 2 aromatic heterocycles. The summed E-state index contributed by atoms with van der Waals surface area (Å²) in [6.45, 7) is 8.91. The van der Waals surface area contributed by atoms with Crippen LogP contribution in [-0.2, 0) is 22.5 Å². The van der Waals surface area contributed by atoms with Gasteiger partial charge in [-0.1, -0.05) is 20.8 Å². The summed E-state index contributed by atoms with van der Waals surface area (Å²) in [7, 11) is 3.29. The number of ether oxygens (including phenoxy) is 3. The zero-order chi connectivity index (χ0) is 24.6. The van der Waals surface area contributed by atoms with Gasteiger partial charge in [0.25, 0.3) is 0 Å². The molecule has 0 saturated heterocycles. The Morgan fingerprint density at radius 2 is 1.97 bits per heavy atom. The molecule has 0 amide bonds. The van der Waals surface area contributed by atoms with E-state index in [0.717, 1.165) is 38.7 Å². The second-order valence-corrected chi connectivity index (χ2v) is 10.5. The van der Waals surface area contributed by atoms with Crippen molar-refractivity contribution in [2.75, 3.05) is 20.8 Å². The minimum absolute atomic E-state index is 0.0375. The summed E-state index contributed by atoms with van der Waals surface area (Å²) in [5.41, 5.74) is 3.38. The van der Waals surface area contributed by atoms with Crippen LogP contribution < -0.4 is 10.2 Å². The molecule has 34 heavy (non-hydrogen) atoms. The first-order valence-corrected chi connectivity index (χ1v) is 12.1. The molecule has 1 unspecified atom stereocenters. The third-order valence-corrected chi connectivity index (χ3v) is 7.12. The van der Waals surface area contributed by atoms with Crippen LogP contribution in [0.1, 0.15) is 54.7 Å². The monoisotopic (exact) mass is 482 g/mol. The van der Waals surface area contributed by atoms with E-state index in [2.05, 4.69) is 36.4 Å². The molecular formula is C26H30N2O5S. The number of hydrogen-bond donors (Lipinski definition) is 0. The van der Waals surface area contributed by atoms with Crippen LogP contribution in [0.4, 0.5) is 0 Å². The van der Waals surface area contributed by atoms with E-state index in [9.17, 15) is 9.59 Å². The first kappa shape index (κ1) is 24.2. The van der Waals surface area contributed by atoms with Crippen molar-refractivity contribution in [1.82, 2.24) is 9.55 Å². The van der Waals surface area contributed by atoms with Gasteiger partial charge in [-0.25, -0.2) is 9.78 Å². The molecule has 3 heterocycles. The van der Waals surface area contributed by atoms with Crippen molar-refractivity contribution in [2.24, 2.45) is 5.41 Å². The maximum atomic E-state index is 12.9. The predicted molar refractivity (Wildman–Crippen MR) is 133 cm³/mol. The molecule has 0 fully saturated rings. The molecular weight excluding hydrogens is 452 g/mol. The molecule has 0 saturated carbocycles. The summed E-state index contributed by atoms with van der Waals surface area (Å²) in [4.78, 5) is 30.8. The lowest BCUT2D eigenvalue weighted by atomic mass is 9.78. The van der Waals surface area contributed by atoms with E-state index in [-0.39, 0.29) is 29.1 Å². The van der Waals surface area contributed by atoms with Gasteiger partial charge in [0.1, 0.15) is 16.3 Å². The Morgan fingerprint density at radius 3 is 2.62 bits per heavy atom. The number of rotatable bonds is 6. The quantitative estimate of drug-likeness (QED) is 0.454. The van der Waals surface area contributed by atoms with Gasteiger partial charge < -0.3 is 18.8 Å². The van der Waals surface area contributed by atoms with Crippen LogP contribution in [0, 0.1) is 5.41 Å². The van der Waals surface area contributed by atoms with Gasteiger partial charge in [-0.3, -0.25) is 4.79 Å². The van der Waals surface area contributed by atoms with E-state index < -0.39 is 5.97 Å². The van der Waals surface area contributed by atoms with Crippen molar-refractivity contribution in [3.8, 4) is 27.4 Å². The number of carbonyl (C=O) groups excluding carboxylic acids is 1. The van der Waals surface area contributed by atoms with Gasteiger partial charge in [0.05, 0.1) is 30.9 Å². The Kier molecular flexibility index (Phi) is 6.64. The molecule has 0 bridgehead atoms. The molecule has 1 aromatic carbocycles. The molecule has 1 aliphatic heterocycles. The van der Waals surface area contributed by atoms with Gasteiger partial charge in [0.15, 0.2) is 5.43 Å². The lowest BCUT2D eigenvalue weighted by Crippen LogP contribution is -2.33. The maximum Gasteiger partial charge on any atom is 0.343 e. The van der Waals surface area contributed by atoms with Crippen molar-refractivity contribution in [2.45, 2.75) is 46.8 Å². The summed E-state index contributed by atoms with van der Waals surface area (Å²) in [6.07, 6.45) is 4.25. The number of pyridine rings is 1. The molecule has 8 heteroatoms. The Balaban J connectivity index is 1.91. The third kappa shape index (κ3) is 4.40. The fourth-order valence-corrected chi connectivity index (χ4v) is 5.34. The SMILES string of the molecule is CCOC(=O)c1cn2c(cc1=O)-c1cc(OC)c(-c3cnc(COC)s3)cc1CC2C(C)(C)C. The third-order valence-electron chi connectivity index (χ3n) is 6.11. The van der Waals surface area contributed by atoms with Gasteiger partial charge in [-0.05, 0) is 36.5 Å². The van der Waals surface area contributed by atoms with Crippen LogP contribution in [0.5, 0.6) is 5.75 Å². The standard InChI is InChI=1S/C26H30N2O5S/c1-7-33-25(30)18-13-28-19(11-20(18)29)16-10-21(32-6)17(22-12-27-24(34-22)14-31-5)8-15(16)9-23(28)26(2,3)4/h8,10-13,23H,7,9,14H2,1-6H3. The van der Waals surface area contributed by atoms with Crippen LogP contribution in [0.15, 0.2) is 35.4 Å². The summed E-state index contributed by atoms with van der Waals surface area (Å²) in [5.74, 6) is 0.111. The van der Waals surface area contributed by atoms with E-state index in [1.165, 1.54) is 0 Å². The average Bonchev–Trinajstić information content (AvgIpc) is 3.25. The van der Waals surface area contributed by atoms with Crippen molar-refractivity contribution in [1.29, 1.82) is 0 Å². The van der Waals surface area contributed by atoms with Gasteiger partial charge in [0.2, 0.25) is 0 Å². The molecule has 180 valence electrons. The van der Waals surface area contributed by atoms with Gasteiger partial charge >= 0.3 is 5.97 Å². The molecule has 0 spiro atoms. The second kappa shape index (κ2) is 9.35. The number of benzene rings is 1. The van der Waals surface area contributed by atoms with Gasteiger partial charge in [-0.15, -0.1) is 11.3 Å².